The van der Waals surface area contributed by atoms with Gasteiger partial charge in [0.05, 0.1) is 0 Å². The number of hydrogen-bond acceptors (Lipinski definition) is 2. The predicted octanol–water partition coefficient (Wildman–Crippen LogP) is 1.41. The van der Waals surface area contributed by atoms with Gasteiger partial charge in [0, 0.05) is 12.5 Å². The maximum atomic E-state index is 11.0. The second-order valence-corrected chi connectivity index (χ2v) is 3.92. The van der Waals surface area contributed by atoms with Crippen molar-refractivity contribution in [2.24, 2.45) is 0 Å². The summed E-state index contributed by atoms with van der Waals surface area (Å²) >= 11 is 1.80. The van der Waals surface area contributed by atoms with Gasteiger partial charge in [-0.2, -0.15) is 11.8 Å². The highest BCUT2D eigenvalue weighted by molar-refractivity contribution is 7.98. The van der Waals surface area contributed by atoms with E-state index in [1.54, 1.807) is 11.8 Å². The van der Waals surface area contributed by atoms with Crippen LogP contribution < -0.4 is 5.32 Å². The van der Waals surface area contributed by atoms with Crippen molar-refractivity contribution in [3.63, 3.8) is 0 Å². The van der Waals surface area contributed by atoms with Gasteiger partial charge in [-0.25, -0.2) is 0 Å². The van der Waals surface area contributed by atoms with Gasteiger partial charge in [0.1, 0.15) is 0 Å². The van der Waals surface area contributed by atoms with Crippen molar-refractivity contribution < 1.29 is 4.79 Å². The molecular weight excluding hydrogens is 158 g/mol. The van der Waals surface area contributed by atoms with Crippen molar-refractivity contribution in [1.82, 2.24) is 5.32 Å². The van der Waals surface area contributed by atoms with Gasteiger partial charge >= 0.3 is 0 Å². The topological polar surface area (TPSA) is 29.1 Å². The Morgan fingerprint density at radius 2 is 2.36 bits per heavy atom. The molecule has 1 rings (SSSR count). The normalized spacial score (nSPS) is 16.5. The highest BCUT2D eigenvalue weighted by Gasteiger charge is 2.22. The predicted molar refractivity (Wildman–Crippen MR) is 48.8 cm³/mol. The standard InChI is InChI=1S/C8H15NOS/c1-11-6-2-3-8(10)9-7-4-5-7/h7H,2-6H2,1H3,(H,9,10). The van der Waals surface area contributed by atoms with Crippen LogP contribution in [0.25, 0.3) is 0 Å². The molecule has 1 aliphatic rings. The molecule has 1 amide bonds. The Balaban J connectivity index is 1.92. The first-order valence-corrected chi connectivity index (χ1v) is 5.50. The molecule has 0 aliphatic heterocycles. The fraction of sp³-hybridized carbons (Fsp3) is 0.875. The van der Waals surface area contributed by atoms with Gasteiger partial charge < -0.3 is 5.32 Å². The Morgan fingerprint density at radius 1 is 1.64 bits per heavy atom. The van der Waals surface area contributed by atoms with Crippen LogP contribution in [0.3, 0.4) is 0 Å². The van der Waals surface area contributed by atoms with E-state index in [4.69, 9.17) is 0 Å². The summed E-state index contributed by atoms with van der Waals surface area (Å²) in [6.07, 6.45) is 6.17. The number of amides is 1. The number of thioether (sulfide) groups is 1. The Kier molecular flexibility index (Phi) is 3.77. The molecule has 0 aromatic carbocycles. The lowest BCUT2D eigenvalue weighted by molar-refractivity contribution is -0.121. The molecule has 2 nitrogen and oxygen atoms in total. The highest BCUT2D eigenvalue weighted by Crippen LogP contribution is 2.18. The number of hydrogen-bond donors (Lipinski definition) is 1. The summed E-state index contributed by atoms with van der Waals surface area (Å²) in [7, 11) is 0. The molecule has 1 fully saturated rings. The van der Waals surface area contributed by atoms with Crippen molar-refractivity contribution in [3.8, 4) is 0 Å². The zero-order chi connectivity index (χ0) is 8.10. The largest absolute Gasteiger partial charge is 0.353 e. The third-order valence-corrected chi connectivity index (χ3v) is 2.39. The number of nitrogens with one attached hydrogen (secondary N) is 1. The summed E-state index contributed by atoms with van der Waals surface area (Å²) in [6.45, 7) is 0. The highest BCUT2D eigenvalue weighted by atomic mass is 32.2. The zero-order valence-corrected chi connectivity index (χ0v) is 7.75. The molecule has 11 heavy (non-hydrogen) atoms. The minimum Gasteiger partial charge on any atom is -0.353 e. The van der Waals surface area contributed by atoms with E-state index in [0.29, 0.717) is 12.5 Å². The summed E-state index contributed by atoms with van der Waals surface area (Å²) in [6, 6.07) is 0.525. The second-order valence-electron chi connectivity index (χ2n) is 2.94. The first-order chi connectivity index (χ1) is 5.33. The third kappa shape index (κ3) is 4.30. The van der Waals surface area contributed by atoms with Gasteiger partial charge in [0.15, 0.2) is 0 Å². The molecule has 0 aromatic heterocycles. The molecule has 0 atom stereocenters. The Hall–Kier alpha value is -0.180. The van der Waals surface area contributed by atoms with Gasteiger partial charge in [-0.05, 0) is 31.3 Å². The molecule has 0 spiro atoms. The van der Waals surface area contributed by atoms with Crippen molar-refractivity contribution in [2.75, 3.05) is 12.0 Å². The average Bonchev–Trinajstić information content (AvgIpc) is 2.72. The molecule has 0 unspecified atom stereocenters. The van der Waals surface area contributed by atoms with Crippen LogP contribution in [0.5, 0.6) is 0 Å². The first kappa shape index (κ1) is 8.91. The lowest BCUT2D eigenvalue weighted by atomic mass is 10.3. The van der Waals surface area contributed by atoms with E-state index in [1.807, 2.05) is 0 Å². The van der Waals surface area contributed by atoms with E-state index >= 15 is 0 Å². The zero-order valence-electron chi connectivity index (χ0n) is 6.93. The van der Waals surface area contributed by atoms with E-state index in [9.17, 15) is 4.79 Å². The van der Waals surface area contributed by atoms with Gasteiger partial charge in [-0.1, -0.05) is 0 Å². The van der Waals surface area contributed by atoms with E-state index in [2.05, 4.69) is 11.6 Å². The third-order valence-electron chi connectivity index (χ3n) is 1.69. The Morgan fingerprint density at radius 3 is 2.91 bits per heavy atom. The van der Waals surface area contributed by atoms with Crippen LogP contribution in [0.1, 0.15) is 25.7 Å². The molecule has 0 saturated heterocycles. The maximum absolute atomic E-state index is 11.0. The van der Waals surface area contributed by atoms with Crippen molar-refractivity contribution in [2.45, 2.75) is 31.7 Å². The number of carbonyl (C=O) groups is 1. The van der Waals surface area contributed by atoms with Crippen LogP contribution in [0.2, 0.25) is 0 Å². The Bertz CT molecular complexity index is 134. The minimum absolute atomic E-state index is 0.238. The lowest BCUT2D eigenvalue weighted by Gasteiger charge is -2.00. The van der Waals surface area contributed by atoms with E-state index in [-0.39, 0.29) is 5.91 Å². The molecule has 0 radical (unpaired) electrons. The van der Waals surface area contributed by atoms with Crippen LogP contribution in [0.15, 0.2) is 0 Å². The summed E-state index contributed by atoms with van der Waals surface area (Å²) in [5.74, 6) is 1.33. The smallest absolute Gasteiger partial charge is 0.220 e. The molecule has 1 saturated carbocycles. The van der Waals surface area contributed by atoms with Crippen molar-refractivity contribution in [3.05, 3.63) is 0 Å². The van der Waals surface area contributed by atoms with E-state index in [1.165, 1.54) is 12.8 Å². The summed E-state index contributed by atoms with van der Waals surface area (Å²) in [4.78, 5) is 11.0. The molecule has 0 aromatic rings. The molecule has 3 heteroatoms. The van der Waals surface area contributed by atoms with Crippen LogP contribution in [0.4, 0.5) is 0 Å². The molecule has 0 bridgehead atoms. The van der Waals surface area contributed by atoms with Crippen LogP contribution in [0, 0.1) is 0 Å². The second kappa shape index (κ2) is 4.65. The van der Waals surface area contributed by atoms with Gasteiger partial charge in [0.25, 0.3) is 0 Å². The summed E-state index contributed by atoms with van der Waals surface area (Å²) in [5.41, 5.74) is 0. The Labute approximate surface area is 72.1 Å². The van der Waals surface area contributed by atoms with E-state index in [0.717, 1.165) is 12.2 Å². The molecule has 0 heterocycles. The molecule has 64 valence electrons. The number of rotatable bonds is 5. The monoisotopic (exact) mass is 173 g/mol. The molecule has 1 N–H and O–H groups in total. The summed E-state index contributed by atoms with van der Waals surface area (Å²) in [5, 5.41) is 2.96. The number of carbonyl (C=O) groups excluding carboxylic acids is 1. The fourth-order valence-electron chi connectivity index (χ4n) is 0.905. The first-order valence-electron chi connectivity index (χ1n) is 4.11. The lowest BCUT2D eigenvalue weighted by Crippen LogP contribution is -2.24. The fourth-order valence-corrected chi connectivity index (χ4v) is 1.34. The molecule has 1 aliphatic carbocycles. The van der Waals surface area contributed by atoms with Crippen LogP contribution in [-0.4, -0.2) is 24.0 Å². The van der Waals surface area contributed by atoms with Crippen molar-refractivity contribution >= 4 is 17.7 Å². The van der Waals surface area contributed by atoms with Gasteiger partial charge in [-0.15, -0.1) is 0 Å². The minimum atomic E-state index is 0.238. The quantitative estimate of drug-likeness (QED) is 0.637. The van der Waals surface area contributed by atoms with Gasteiger partial charge in [0.2, 0.25) is 5.91 Å². The SMILES string of the molecule is CSCCCC(=O)NC1CC1. The van der Waals surface area contributed by atoms with Crippen molar-refractivity contribution in [1.29, 1.82) is 0 Å². The van der Waals surface area contributed by atoms with Crippen LogP contribution in [-0.2, 0) is 4.79 Å². The summed E-state index contributed by atoms with van der Waals surface area (Å²) < 4.78 is 0. The van der Waals surface area contributed by atoms with Crippen LogP contribution >= 0.6 is 11.8 Å². The average molecular weight is 173 g/mol. The van der Waals surface area contributed by atoms with Gasteiger partial charge in [-0.3, -0.25) is 4.79 Å². The molecular formula is C8H15NOS. The van der Waals surface area contributed by atoms with E-state index < -0.39 is 0 Å². The maximum Gasteiger partial charge on any atom is 0.220 e.